The average molecular weight is 467 g/mol. The number of benzene rings is 3. The van der Waals surface area contributed by atoms with Crippen LogP contribution in [0.15, 0.2) is 65.6 Å². The molecule has 1 amide bonds. The molecule has 7 nitrogen and oxygen atoms in total. The number of hydrogen-bond donors (Lipinski definition) is 3. The van der Waals surface area contributed by atoms with Crippen molar-refractivity contribution in [3.8, 4) is 16.9 Å². The fraction of sp³-hybridized carbons (Fsp3) is 0.240. The molecule has 0 aromatic heterocycles. The van der Waals surface area contributed by atoms with Crippen molar-refractivity contribution in [2.45, 2.75) is 11.8 Å². The number of methoxy groups -OCH3 is 1. The number of rotatable bonds is 9. The summed E-state index contributed by atoms with van der Waals surface area (Å²) < 4.78 is 21.9. The highest BCUT2D eigenvalue weighted by Crippen LogP contribution is 2.33. The number of nitrogens with zero attached hydrogens (tertiary/aromatic N) is 1. The van der Waals surface area contributed by atoms with Gasteiger partial charge in [-0.1, -0.05) is 18.2 Å². The normalized spacial score (nSPS) is 11.5. The lowest BCUT2D eigenvalue weighted by Crippen LogP contribution is -2.21. The first kappa shape index (κ1) is 24.3. The van der Waals surface area contributed by atoms with Crippen molar-refractivity contribution in [1.29, 1.82) is 0 Å². The summed E-state index contributed by atoms with van der Waals surface area (Å²) in [5, 5.41) is 3.21. The van der Waals surface area contributed by atoms with Gasteiger partial charge in [0.15, 0.2) is 11.0 Å². The van der Waals surface area contributed by atoms with Crippen LogP contribution in [0.3, 0.4) is 0 Å². The number of nitrogens with one attached hydrogen (secondary N) is 2. The molecule has 3 rings (SSSR count). The summed E-state index contributed by atoms with van der Waals surface area (Å²) in [4.78, 5) is 14.5. The van der Waals surface area contributed by atoms with Crippen LogP contribution in [0.4, 0.5) is 11.4 Å². The molecule has 3 aromatic rings. The highest BCUT2D eigenvalue weighted by Gasteiger charge is 2.17. The maximum absolute atomic E-state index is 13.3. The minimum absolute atomic E-state index is 0.0726. The number of carbonyl (C=O) groups is 1. The molecule has 0 aliphatic rings. The molecule has 0 radical (unpaired) electrons. The van der Waals surface area contributed by atoms with E-state index in [0.717, 1.165) is 22.4 Å². The van der Waals surface area contributed by atoms with Crippen molar-refractivity contribution in [1.82, 2.24) is 4.90 Å². The molecule has 0 saturated heterocycles. The minimum Gasteiger partial charge on any atom is -0.495 e. The molecule has 0 heterocycles. The van der Waals surface area contributed by atoms with Crippen molar-refractivity contribution in [3.05, 3.63) is 71.8 Å². The lowest BCUT2D eigenvalue weighted by molar-refractivity contribution is 0.0827. The molecule has 174 valence electrons. The molecule has 0 aliphatic heterocycles. The number of carbonyl (C=O) groups excluding carboxylic acids is 1. The van der Waals surface area contributed by atoms with Crippen LogP contribution in [-0.2, 0) is 11.0 Å². The van der Waals surface area contributed by atoms with Crippen LogP contribution in [0.5, 0.6) is 5.75 Å². The standard InChI is InChI=1S/C25H30N4O3S/c1-17-13-23(32-4)24(33(31)28-21-10-6-9-20(15-21)27-12-11-26)16-22(17)18-7-5-8-19(14-18)25(30)29(2)3/h5-10,13-16,27-28H,11-12,26H2,1-4H3. The Morgan fingerprint density at radius 2 is 1.79 bits per heavy atom. The second-order valence-corrected chi connectivity index (χ2v) is 8.95. The fourth-order valence-corrected chi connectivity index (χ4v) is 4.43. The van der Waals surface area contributed by atoms with Gasteiger partial charge in [-0.05, 0) is 66.1 Å². The Labute approximate surface area is 197 Å². The summed E-state index contributed by atoms with van der Waals surface area (Å²) in [6, 6.07) is 18.7. The second kappa shape index (κ2) is 11.0. The van der Waals surface area contributed by atoms with E-state index < -0.39 is 11.0 Å². The Balaban J connectivity index is 1.95. The van der Waals surface area contributed by atoms with Crippen molar-refractivity contribution >= 4 is 28.3 Å². The summed E-state index contributed by atoms with van der Waals surface area (Å²) in [5.74, 6) is 0.455. The summed E-state index contributed by atoms with van der Waals surface area (Å²) in [7, 11) is 3.43. The largest absolute Gasteiger partial charge is 0.495 e. The van der Waals surface area contributed by atoms with E-state index in [9.17, 15) is 9.00 Å². The molecule has 33 heavy (non-hydrogen) atoms. The first-order valence-corrected chi connectivity index (χ1v) is 11.7. The minimum atomic E-state index is -1.58. The third-order valence-electron chi connectivity index (χ3n) is 5.08. The Kier molecular flexibility index (Phi) is 8.08. The van der Waals surface area contributed by atoms with E-state index in [1.54, 1.807) is 32.2 Å². The van der Waals surface area contributed by atoms with E-state index in [2.05, 4.69) is 10.0 Å². The van der Waals surface area contributed by atoms with Gasteiger partial charge >= 0.3 is 0 Å². The van der Waals surface area contributed by atoms with Gasteiger partial charge in [0.1, 0.15) is 10.6 Å². The van der Waals surface area contributed by atoms with E-state index in [-0.39, 0.29) is 5.91 Å². The number of amides is 1. The zero-order chi connectivity index (χ0) is 24.0. The van der Waals surface area contributed by atoms with Gasteiger partial charge < -0.3 is 25.4 Å². The van der Waals surface area contributed by atoms with Crippen LogP contribution in [0, 0.1) is 6.92 Å². The highest BCUT2D eigenvalue weighted by molar-refractivity contribution is 7.86. The van der Waals surface area contributed by atoms with Crippen LogP contribution in [0.25, 0.3) is 11.1 Å². The van der Waals surface area contributed by atoms with Crippen molar-refractivity contribution < 1.29 is 13.7 Å². The third kappa shape index (κ3) is 5.91. The van der Waals surface area contributed by atoms with Gasteiger partial charge in [-0.2, -0.15) is 0 Å². The molecule has 3 aromatic carbocycles. The quantitative estimate of drug-likeness (QED) is 0.445. The van der Waals surface area contributed by atoms with Crippen molar-refractivity contribution in [3.63, 3.8) is 0 Å². The van der Waals surface area contributed by atoms with E-state index in [0.29, 0.717) is 35.0 Å². The fourth-order valence-electron chi connectivity index (χ4n) is 3.43. The zero-order valence-electron chi connectivity index (χ0n) is 19.3. The predicted molar refractivity (Wildman–Crippen MR) is 135 cm³/mol. The van der Waals surface area contributed by atoms with Gasteiger partial charge in [-0.3, -0.25) is 4.79 Å². The topological polar surface area (TPSA) is 96.7 Å². The van der Waals surface area contributed by atoms with Crippen LogP contribution < -0.4 is 20.5 Å². The number of anilines is 2. The third-order valence-corrected chi connectivity index (χ3v) is 6.22. The van der Waals surface area contributed by atoms with Crippen LogP contribution in [0.2, 0.25) is 0 Å². The molecule has 0 aliphatic carbocycles. The average Bonchev–Trinajstić information content (AvgIpc) is 2.82. The smallest absolute Gasteiger partial charge is 0.253 e. The Morgan fingerprint density at radius 3 is 2.48 bits per heavy atom. The van der Waals surface area contributed by atoms with Crippen molar-refractivity contribution in [2.24, 2.45) is 5.73 Å². The molecular formula is C25H30N4O3S. The number of aryl methyl sites for hydroxylation is 1. The first-order valence-electron chi connectivity index (χ1n) is 10.6. The molecule has 8 heteroatoms. The molecule has 0 spiro atoms. The Morgan fingerprint density at radius 1 is 1.06 bits per heavy atom. The highest BCUT2D eigenvalue weighted by atomic mass is 32.2. The van der Waals surface area contributed by atoms with E-state index in [4.69, 9.17) is 10.5 Å². The lowest BCUT2D eigenvalue weighted by atomic mass is 9.98. The lowest BCUT2D eigenvalue weighted by Gasteiger charge is -2.16. The zero-order valence-corrected chi connectivity index (χ0v) is 20.2. The van der Waals surface area contributed by atoms with Crippen LogP contribution in [-0.4, -0.2) is 49.3 Å². The van der Waals surface area contributed by atoms with E-state index in [1.807, 2.05) is 61.5 Å². The molecule has 1 unspecified atom stereocenters. The SMILES string of the molecule is COc1cc(C)c(-c2cccc(C(=O)N(C)C)c2)cc1S(=O)Nc1cccc(NCCN)c1. The van der Waals surface area contributed by atoms with Crippen molar-refractivity contribution in [2.75, 3.05) is 44.3 Å². The van der Waals surface area contributed by atoms with Gasteiger partial charge in [-0.15, -0.1) is 0 Å². The molecule has 0 fully saturated rings. The molecule has 1 atom stereocenters. The van der Waals surface area contributed by atoms with Gasteiger partial charge in [0.2, 0.25) is 0 Å². The monoisotopic (exact) mass is 466 g/mol. The first-order chi connectivity index (χ1) is 15.8. The van der Waals surface area contributed by atoms with Crippen LogP contribution in [0.1, 0.15) is 15.9 Å². The van der Waals surface area contributed by atoms with Crippen LogP contribution >= 0.6 is 0 Å². The van der Waals surface area contributed by atoms with Gasteiger partial charge in [0, 0.05) is 44.1 Å². The number of nitrogens with two attached hydrogens (primary N) is 1. The Hall–Kier alpha value is -3.36. The molecule has 0 saturated carbocycles. The molecular weight excluding hydrogens is 436 g/mol. The molecule has 4 N–H and O–H groups in total. The Bertz CT molecular complexity index is 1160. The van der Waals surface area contributed by atoms with Gasteiger partial charge in [-0.25, -0.2) is 4.21 Å². The maximum Gasteiger partial charge on any atom is 0.253 e. The van der Waals surface area contributed by atoms with Gasteiger partial charge in [0.05, 0.1) is 7.11 Å². The second-order valence-electron chi connectivity index (χ2n) is 7.77. The van der Waals surface area contributed by atoms with E-state index >= 15 is 0 Å². The number of hydrogen-bond acceptors (Lipinski definition) is 5. The predicted octanol–water partition coefficient (Wildman–Crippen LogP) is 3.88. The van der Waals surface area contributed by atoms with E-state index in [1.165, 1.54) is 0 Å². The number of ether oxygens (including phenoxy) is 1. The summed E-state index contributed by atoms with van der Waals surface area (Å²) in [5.41, 5.74) is 10.5. The molecule has 0 bridgehead atoms. The van der Waals surface area contributed by atoms with Gasteiger partial charge in [0.25, 0.3) is 5.91 Å². The summed E-state index contributed by atoms with van der Waals surface area (Å²) in [6.07, 6.45) is 0. The maximum atomic E-state index is 13.3. The summed E-state index contributed by atoms with van der Waals surface area (Å²) >= 11 is 0. The summed E-state index contributed by atoms with van der Waals surface area (Å²) in [6.45, 7) is 3.14.